The fourth-order valence-electron chi connectivity index (χ4n) is 5.01. The van der Waals surface area contributed by atoms with Gasteiger partial charge in [0.1, 0.15) is 23.4 Å². The minimum atomic E-state index is -1.18. The lowest BCUT2D eigenvalue weighted by Crippen LogP contribution is -2.59. The summed E-state index contributed by atoms with van der Waals surface area (Å²) in [6, 6.07) is 13.0. The van der Waals surface area contributed by atoms with E-state index in [2.05, 4.69) is 21.9 Å². The smallest absolute Gasteiger partial charge is 0.413 e. The number of nitrogens with zero attached hydrogens (tertiary/aromatic N) is 1. The minimum Gasteiger partial charge on any atom is -0.444 e. The van der Waals surface area contributed by atoms with Gasteiger partial charge in [-0.15, -0.1) is 6.42 Å². The summed E-state index contributed by atoms with van der Waals surface area (Å²) in [6.07, 6.45) is 3.31. The zero-order valence-corrected chi connectivity index (χ0v) is 26.8. The Hall–Kier alpha value is -4.56. The average Bonchev–Trinajstić information content (AvgIpc) is 3.36. The molecule has 0 aromatic heterocycles. The number of hydrogen-bond acceptors (Lipinski definition) is 7. The Morgan fingerprint density at radius 3 is 2.24 bits per heavy atom. The van der Waals surface area contributed by atoms with Crippen LogP contribution in [0, 0.1) is 17.8 Å². The van der Waals surface area contributed by atoms with E-state index >= 15 is 0 Å². The zero-order chi connectivity index (χ0) is 33.4. The van der Waals surface area contributed by atoms with Crippen LogP contribution in [0.3, 0.4) is 0 Å². The van der Waals surface area contributed by atoms with Crippen LogP contribution in [0.2, 0.25) is 0 Å². The maximum Gasteiger partial charge on any atom is 0.413 e. The fourth-order valence-corrected chi connectivity index (χ4v) is 5.01. The summed E-state index contributed by atoms with van der Waals surface area (Å²) in [6.45, 7) is 10.6. The fraction of sp³-hybridized carbons (Fsp3) is 0.471. The van der Waals surface area contributed by atoms with Gasteiger partial charge in [-0.25, -0.2) is 9.59 Å². The Morgan fingerprint density at radius 1 is 1.00 bits per heavy atom. The highest BCUT2D eigenvalue weighted by atomic mass is 16.6. The lowest BCUT2D eigenvalue weighted by Gasteiger charge is -2.37. The molecule has 11 heteroatoms. The SMILES string of the molecule is C#Cc1ccc([C@H](C)NC(=O)[C@@H]2C[C@@H](O)CN2C(=O)[C@@H](NC(=O)Oc2ccccc2)C(C)(C)CCNC(=O)OC(C)(C)C)cc1. The molecule has 0 aliphatic carbocycles. The van der Waals surface area contributed by atoms with Crippen LogP contribution >= 0.6 is 0 Å². The summed E-state index contributed by atoms with van der Waals surface area (Å²) in [4.78, 5) is 54.2. The number of carbonyl (C=O) groups is 4. The topological polar surface area (TPSA) is 146 Å². The number of nitrogens with one attached hydrogen (secondary N) is 3. The van der Waals surface area contributed by atoms with Crippen molar-refractivity contribution >= 4 is 24.0 Å². The number of rotatable bonds is 10. The number of carbonyl (C=O) groups excluding carboxylic acids is 4. The molecule has 242 valence electrons. The predicted molar refractivity (Wildman–Crippen MR) is 169 cm³/mol. The highest BCUT2D eigenvalue weighted by Gasteiger charge is 2.46. The van der Waals surface area contributed by atoms with Crippen LogP contribution in [0.5, 0.6) is 5.75 Å². The third kappa shape index (κ3) is 10.3. The number of ether oxygens (including phenoxy) is 2. The van der Waals surface area contributed by atoms with Crippen LogP contribution in [0.15, 0.2) is 54.6 Å². The van der Waals surface area contributed by atoms with Gasteiger partial charge >= 0.3 is 12.2 Å². The van der Waals surface area contributed by atoms with Crippen LogP contribution in [0.4, 0.5) is 9.59 Å². The van der Waals surface area contributed by atoms with Gasteiger partial charge in [-0.05, 0) is 69.4 Å². The number of alkyl carbamates (subject to hydrolysis) is 1. The quantitative estimate of drug-likeness (QED) is 0.295. The molecular formula is C34H44N4O7. The summed E-state index contributed by atoms with van der Waals surface area (Å²) in [7, 11) is 0. The van der Waals surface area contributed by atoms with Crippen molar-refractivity contribution in [1.82, 2.24) is 20.9 Å². The Balaban J connectivity index is 1.80. The highest BCUT2D eigenvalue weighted by molar-refractivity contribution is 5.92. The molecule has 1 aliphatic rings. The molecule has 2 aromatic carbocycles. The minimum absolute atomic E-state index is 0.0299. The van der Waals surface area contributed by atoms with Crippen molar-refractivity contribution in [3.8, 4) is 18.1 Å². The third-order valence-electron chi connectivity index (χ3n) is 7.48. The second-order valence-electron chi connectivity index (χ2n) is 12.8. The van der Waals surface area contributed by atoms with E-state index in [1.165, 1.54) is 4.90 Å². The highest BCUT2D eigenvalue weighted by Crippen LogP contribution is 2.30. The number of aliphatic hydroxyl groups excluding tert-OH is 1. The molecule has 2 aromatic rings. The van der Waals surface area contributed by atoms with Crippen molar-refractivity contribution < 1.29 is 33.8 Å². The van der Waals surface area contributed by atoms with Gasteiger partial charge in [0.15, 0.2) is 0 Å². The number of aliphatic hydroxyl groups is 1. The van der Waals surface area contributed by atoms with Crippen molar-refractivity contribution in [2.45, 2.75) is 84.2 Å². The van der Waals surface area contributed by atoms with Crippen LogP contribution in [0.1, 0.15) is 71.6 Å². The summed E-state index contributed by atoms with van der Waals surface area (Å²) < 4.78 is 10.7. The molecule has 0 saturated carbocycles. The number of likely N-dealkylation sites (tertiary alicyclic amines) is 1. The van der Waals surface area contributed by atoms with Gasteiger partial charge in [0.2, 0.25) is 11.8 Å². The monoisotopic (exact) mass is 620 g/mol. The van der Waals surface area contributed by atoms with Gasteiger partial charge in [0.05, 0.1) is 12.1 Å². The van der Waals surface area contributed by atoms with Crippen LogP contribution in [-0.4, -0.2) is 70.9 Å². The predicted octanol–water partition coefficient (Wildman–Crippen LogP) is 3.91. The third-order valence-corrected chi connectivity index (χ3v) is 7.48. The Bertz CT molecular complexity index is 1380. The maximum absolute atomic E-state index is 14.2. The molecule has 4 N–H and O–H groups in total. The molecule has 11 nitrogen and oxygen atoms in total. The first kappa shape index (κ1) is 34.9. The summed E-state index contributed by atoms with van der Waals surface area (Å²) >= 11 is 0. The molecule has 1 aliphatic heterocycles. The molecule has 1 fully saturated rings. The number of β-amino-alcohol motifs (C(OH)–C–C–N with tert-alkyl or cyclic N) is 1. The van der Waals surface area contributed by atoms with E-state index in [4.69, 9.17) is 15.9 Å². The zero-order valence-electron chi connectivity index (χ0n) is 26.8. The molecule has 0 unspecified atom stereocenters. The van der Waals surface area contributed by atoms with E-state index in [9.17, 15) is 24.3 Å². The number of benzene rings is 2. The van der Waals surface area contributed by atoms with E-state index in [-0.39, 0.29) is 31.7 Å². The van der Waals surface area contributed by atoms with Gasteiger partial charge in [0, 0.05) is 25.1 Å². The van der Waals surface area contributed by atoms with Crippen LogP contribution < -0.4 is 20.7 Å². The molecule has 1 saturated heterocycles. The van der Waals surface area contributed by atoms with Gasteiger partial charge < -0.3 is 35.4 Å². The first-order chi connectivity index (χ1) is 21.1. The first-order valence-corrected chi connectivity index (χ1v) is 15.0. The molecule has 3 rings (SSSR count). The molecule has 4 amide bonds. The van der Waals surface area contributed by atoms with Crippen molar-refractivity contribution in [2.75, 3.05) is 13.1 Å². The largest absolute Gasteiger partial charge is 0.444 e. The Labute approximate surface area is 265 Å². The van der Waals surface area contributed by atoms with Gasteiger partial charge in [-0.2, -0.15) is 0 Å². The van der Waals surface area contributed by atoms with Gasteiger partial charge in [0.25, 0.3) is 0 Å². The molecule has 0 radical (unpaired) electrons. The Kier molecular flexibility index (Phi) is 11.6. The van der Waals surface area contributed by atoms with Crippen molar-refractivity contribution in [2.24, 2.45) is 5.41 Å². The van der Waals surface area contributed by atoms with Gasteiger partial charge in [-0.3, -0.25) is 9.59 Å². The average molecular weight is 621 g/mol. The molecule has 45 heavy (non-hydrogen) atoms. The maximum atomic E-state index is 14.2. The lowest BCUT2D eigenvalue weighted by molar-refractivity contribution is -0.142. The number of para-hydroxylation sites is 1. The van der Waals surface area contributed by atoms with Crippen LogP contribution in [0.25, 0.3) is 0 Å². The van der Waals surface area contributed by atoms with E-state index in [1.807, 2.05) is 19.1 Å². The second kappa shape index (κ2) is 14.9. The number of hydrogen-bond donors (Lipinski definition) is 4. The van der Waals surface area contributed by atoms with Crippen molar-refractivity contribution in [1.29, 1.82) is 0 Å². The standard InChI is InChI=1S/C34H44N4O7/c1-8-23-14-16-24(17-15-23)22(2)36-29(40)27-20-25(39)21-38(27)30(41)28(37-32(43)44-26-12-10-9-11-13-26)34(6,7)18-19-35-31(42)45-33(3,4)5/h1,9-17,22,25,27-28,39H,18-21H2,2-7H3,(H,35,42)(H,36,40)(H,37,43)/t22-,25+,27-,28+/m0/s1. The van der Waals surface area contributed by atoms with E-state index in [0.29, 0.717) is 5.56 Å². The van der Waals surface area contributed by atoms with Gasteiger partial charge in [-0.1, -0.05) is 50.1 Å². The molecule has 0 spiro atoms. The summed E-state index contributed by atoms with van der Waals surface area (Å²) in [5.74, 6) is 1.83. The normalized spacial score (nSPS) is 17.8. The lowest BCUT2D eigenvalue weighted by atomic mass is 9.80. The van der Waals surface area contributed by atoms with E-state index < -0.39 is 59.2 Å². The molecule has 4 atom stereocenters. The van der Waals surface area contributed by atoms with Crippen LogP contribution in [-0.2, 0) is 14.3 Å². The summed E-state index contributed by atoms with van der Waals surface area (Å²) in [5, 5.41) is 18.9. The van der Waals surface area contributed by atoms with E-state index in [0.717, 1.165) is 5.56 Å². The second-order valence-corrected chi connectivity index (χ2v) is 12.8. The summed E-state index contributed by atoms with van der Waals surface area (Å²) in [5.41, 5.74) is -0.0975. The van der Waals surface area contributed by atoms with E-state index in [1.54, 1.807) is 77.1 Å². The number of terminal acetylenes is 1. The Morgan fingerprint density at radius 2 is 1.64 bits per heavy atom. The van der Waals surface area contributed by atoms with Crippen molar-refractivity contribution in [3.05, 3.63) is 65.7 Å². The van der Waals surface area contributed by atoms with Crippen molar-refractivity contribution in [3.63, 3.8) is 0 Å². The number of amides is 4. The molecule has 1 heterocycles. The first-order valence-electron chi connectivity index (χ1n) is 15.0. The molecular weight excluding hydrogens is 576 g/mol. The molecule has 0 bridgehead atoms.